The van der Waals surface area contributed by atoms with Gasteiger partial charge < -0.3 is 16.0 Å². The van der Waals surface area contributed by atoms with Crippen LogP contribution < -0.4 is 11.1 Å². The van der Waals surface area contributed by atoms with Gasteiger partial charge >= 0.3 is 6.18 Å². The average Bonchev–Trinajstić information content (AvgIpc) is 3.01. The Morgan fingerprint density at radius 3 is 2.42 bits per heavy atom. The SMILES string of the molecule is Nc1ncc(-c2ccc(NC(=O)c3ccc(Cl)c(C(F)(F)F)c3)cc2)[nH]1. The number of halogens is 4. The van der Waals surface area contributed by atoms with Crippen LogP contribution in [0.1, 0.15) is 15.9 Å². The van der Waals surface area contributed by atoms with Gasteiger partial charge in [0.2, 0.25) is 0 Å². The summed E-state index contributed by atoms with van der Waals surface area (Å²) in [5.41, 5.74) is 6.23. The molecule has 1 amide bonds. The van der Waals surface area contributed by atoms with Crippen LogP contribution in [0.15, 0.2) is 48.7 Å². The van der Waals surface area contributed by atoms with Crippen molar-refractivity contribution in [2.75, 3.05) is 11.1 Å². The maximum Gasteiger partial charge on any atom is 0.417 e. The van der Waals surface area contributed by atoms with E-state index in [9.17, 15) is 18.0 Å². The first-order valence-electron chi connectivity index (χ1n) is 7.33. The molecule has 0 bridgehead atoms. The Kier molecular flexibility index (Phi) is 4.60. The molecular formula is C17H12ClF3N4O. The maximum atomic E-state index is 12.9. The normalized spacial score (nSPS) is 11.4. The maximum absolute atomic E-state index is 12.9. The Hall–Kier alpha value is -3.00. The second kappa shape index (κ2) is 6.72. The minimum Gasteiger partial charge on any atom is -0.369 e. The Bertz CT molecular complexity index is 951. The number of nitrogens with zero attached hydrogens (tertiary/aromatic N) is 1. The molecule has 3 rings (SSSR count). The van der Waals surface area contributed by atoms with Gasteiger partial charge in [0.1, 0.15) is 0 Å². The fourth-order valence-corrected chi connectivity index (χ4v) is 2.53. The summed E-state index contributed by atoms with van der Waals surface area (Å²) in [4.78, 5) is 19.0. The van der Waals surface area contributed by atoms with E-state index in [0.29, 0.717) is 11.4 Å². The first-order valence-corrected chi connectivity index (χ1v) is 7.71. The Labute approximate surface area is 151 Å². The summed E-state index contributed by atoms with van der Waals surface area (Å²) in [6.45, 7) is 0. The zero-order valence-corrected chi connectivity index (χ0v) is 13.8. The topological polar surface area (TPSA) is 83.8 Å². The van der Waals surface area contributed by atoms with E-state index in [1.165, 1.54) is 6.07 Å². The minimum absolute atomic E-state index is 0.146. The van der Waals surface area contributed by atoms with Crippen LogP contribution in [0.4, 0.5) is 24.8 Å². The van der Waals surface area contributed by atoms with Crippen molar-refractivity contribution < 1.29 is 18.0 Å². The fraction of sp³-hybridized carbons (Fsp3) is 0.0588. The number of amides is 1. The second-order valence-corrected chi connectivity index (χ2v) is 5.81. The van der Waals surface area contributed by atoms with E-state index in [1.54, 1.807) is 30.5 Å². The Balaban J connectivity index is 1.78. The predicted octanol–water partition coefficient (Wildman–Crippen LogP) is 4.58. The molecule has 0 fully saturated rings. The van der Waals surface area contributed by atoms with Gasteiger partial charge in [0.15, 0.2) is 5.95 Å². The summed E-state index contributed by atoms with van der Waals surface area (Å²) in [6, 6.07) is 9.66. The van der Waals surface area contributed by atoms with Crippen LogP contribution in [0.2, 0.25) is 5.02 Å². The molecule has 26 heavy (non-hydrogen) atoms. The summed E-state index contributed by atoms with van der Waals surface area (Å²) in [7, 11) is 0. The molecule has 0 aliphatic heterocycles. The highest BCUT2D eigenvalue weighted by Crippen LogP contribution is 2.35. The van der Waals surface area contributed by atoms with E-state index >= 15 is 0 Å². The van der Waals surface area contributed by atoms with Crippen molar-refractivity contribution in [3.05, 3.63) is 64.8 Å². The van der Waals surface area contributed by atoms with Crippen LogP contribution in [-0.4, -0.2) is 15.9 Å². The molecule has 1 aromatic heterocycles. The predicted molar refractivity (Wildman–Crippen MR) is 92.8 cm³/mol. The number of imidazole rings is 1. The molecule has 3 aromatic rings. The molecule has 2 aromatic carbocycles. The molecule has 0 radical (unpaired) electrons. The van der Waals surface area contributed by atoms with Crippen LogP contribution in [-0.2, 0) is 6.18 Å². The van der Waals surface area contributed by atoms with E-state index in [4.69, 9.17) is 17.3 Å². The van der Waals surface area contributed by atoms with Gasteiger partial charge in [-0.05, 0) is 35.9 Å². The standard InChI is InChI=1S/C17H12ClF3N4O/c18-13-6-3-10(7-12(13)17(19,20)21)15(26)24-11-4-1-9(2-5-11)14-8-23-16(22)25-14/h1-8H,(H,24,26)(H3,22,23,25). The van der Waals surface area contributed by atoms with Gasteiger partial charge in [0.25, 0.3) is 5.91 Å². The van der Waals surface area contributed by atoms with Gasteiger partial charge in [-0.25, -0.2) is 4.98 Å². The van der Waals surface area contributed by atoms with Crippen LogP contribution in [0.25, 0.3) is 11.3 Å². The molecule has 0 saturated carbocycles. The molecule has 0 atom stereocenters. The number of aromatic nitrogens is 2. The molecule has 0 spiro atoms. The van der Waals surface area contributed by atoms with Crippen LogP contribution in [0.3, 0.4) is 0 Å². The summed E-state index contributed by atoms with van der Waals surface area (Å²) in [5.74, 6) is -0.397. The van der Waals surface area contributed by atoms with Crippen molar-refractivity contribution in [2.24, 2.45) is 0 Å². The van der Waals surface area contributed by atoms with E-state index < -0.39 is 22.7 Å². The highest BCUT2D eigenvalue weighted by molar-refractivity contribution is 6.31. The monoisotopic (exact) mass is 380 g/mol. The minimum atomic E-state index is -4.64. The number of alkyl halides is 3. The number of nitrogens with two attached hydrogens (primary N) is 1. The lowest BCUT2D eigenvalue weighted by molar-refractivity contribution is -0.137. The van der Waals surface area contributed by atoms with E-state index in [0.717, 1.165) is 17.7 Å². The quantitative estimate of drug-likeness (QED) is 0.621. The van der Waals surface area contributed by atoms with Gasteiger partial charge in [0, 0.05) is 11.3 Å². The number of aromatic amines is 1. The fourth-order valence-electron chi connectivity index (χ4n) is 2.30. The van der Waals surface area contributed by atoms with Crippen molar-refractivity contribution in [2.45, 2.75) is 6.18 Å². The third-order valence-corrected chi connectivity index (χ3v) is 3.91. The molecule has 5 nitrogen and oxygen atoms in total. The highest BCUT2D eigenvalue weighted by atomic mass is 35.5. The third kappa shape index (κ3) is 3.80. The number of nitrogens with one attached hydrogen (secondary N) is 2. The summed E-state index contributed by atoms with van der Waals surface area (Å²) >= 11 is 5.55. The van der Waals surface area contributed by atoms with Crippen molar-refractivity contribution in [1.82, 2.24) is 9.97 Å². The number of carbonyl (C=O) groups is 1. The lowest BCUT2D eigenvalue weighted by Gasteiger charge is -2.11. The van der Waals surface area contributed by atoms with Gasteiger partial charge in [-0.1, -0.05) is 23.7 Å². The summed E-state index contributed by atoms with van der Waals surface area (Å²) in [6.07, 6.45) is -3.07. The number of hydrogen-bond donors (Lipinski definition) is 3. The first-order chi connectivity index (χ1) is 12.2. The smallest absolute Gasteiger partial charge is 0.369 e. The second-order valence-electron chi connectivity index (χ2n) is 5.41. The number of carbonyl (C=O) groups excluding carboxylic acids is 1. The number of nitrogen functional groups attached to an aromatic ring is 1. The molecule has 1 heterocycles. The van der Waals surface area contributed by atoms with E-state index in [-0.39, 0.29) is 11.5 Å². The van der Waals surface area contributed by atoms with E-state index in [1.807, 2.05) is 0 Å². The molecule has 4 N–H and O–H groups in total. The van der Waals surface area contributed by atoms with Gasteiger partial charge in [-0.15, -0.1) is 0 Å². The molecular weight excluding hydrogens is 369 g/mol. The van der Waals surface area contributed by atoms with Crippen molar-refractivity contribution in [3.63, 3.8) is 0 Å². The Morgan fingerprint density at radius 1 is 1.15 bits per heavy atom. The summed E-state index contributed by atoms with van der Waals surface area (Å²) < 4.78 is 38.7. The summed E-state index contributed by atoms with van der Waals surface area (Å²) in [5, 5.41) is 2.08. The Morgan fingerprint density at radius 2 is 1.85 bits per heavy atom. The largest absolute Gasteiger partial charge is 0.417 e. The van der Waals surface area contributed by atoms with Crippen LogP contribution in [0, 0.1) is 0 Å². The number of hydrogen-bond acceptors (Lipinski definition) is 3. The first kappa shape index (κ1) is 17.8. The number of benzene rings is 2. The molecule has 0 aliphatic carbocycles. The number of rotatable bonds is 3. The lowest BCUT2D eigenvalue weighted by Crippen LogP contribution is -2.14. The van der Waals surface area contributed by atoms with Crippen molar-refractivity contribution in [3.8, 4) is 11.3 Å². The molecule has 0 saturated heterocycles. The van der Waals surface area contributed by atoms with Crippen molar-refractivity contribution in [1.29, 1.82) is 0 Å². The molecule has 134 valence electrons. The van der Waals surface area contributed by atoms with Gasteiger partial charge in [0.05, 0.1) is 22.5 Å². The van der Waals surface area contributed by atoms with E-state index in [2.05, 4.69) is 15.3 Å². The third-order valence-electron chi connectivity index (χ3n) is 3.58. The van der Waals surface area contributed by atoms with Gasteiger partial charge in [-0.2, -0.15) is 13.2 Å². The van der Waals surface area contributed by atoms with Gasteiger partial charge in [-0.3, -0.25) is 4.79 Å². The van der Waals surface area contributed by atoms with Crippen molar-refractivity contribution >= 4 is 29.1 Å². The van der Waals surface area contributed by atoms with Crippen LogP contribution >= 0.6 is 11.6 Å². The zero-order chi connectivity index (χ0) is 18.9. The molecule has 9 heteroatoms. The molecule has 0 aliphatic rings. The highest BCUT2D eigenvalue weighted by Gasteiger charge is 2.33. The number of anilines is 2. The molecule has 0 unspecified atom stereocenters. The number of H-pyrrole nitrogens is 1. The zero-order valence-electron chi connectivity index (χ0n) is 13.1. The lowest BCUT2D eigenvalue weighted by atomic mass is 10.1. The van der Waals surface area contributed by atoms with Crippen LogP contribution in [0.5, 0.6) is 0 Å². The average molecular weight is 381 g/mol.